The number of carbonyl (C=O) groups is 1. The molecule has 2 heterocycles. The first kappa shape index (κ1) is 18.9. The Morgan fingerprint density at radius 2 is 1.89 bits per heavy atom. The van der Waals surface area contributed by atoms with Gasteiger partial charge in [-0.3, -0.25) is 4.79 Å². The van der Waals surface area contributed by atoms with Gasteiger partial charge in [0.2, 0.25) is 5.91 Å². The number of carbonyl (C=O) groups excluding carboxylic acids is 1. The van der Waals surface area contributed by atoms with Crippen LogP contribution in [0.1, 0.15) is 56.6 Å². The van der Waals surface area contributed by atoms with Crippen LogP contribution in [0.4, 0.5) is 0 Å². The van der Waals surface area contributed by atoms with Crippen molar-refractivity contribution in [3.63, 3.8) is 0 Å². The van der Waals surface area contributed by atoms with E-state index in [1.54, 1.807) is 0 Å². The Balaban J connectivity index is 1.28. The van der Waals surface area contributed by atoms with Gasteiger partial charge in [-0.05, 0) is 42.2 Å². The van der Waals surface area contributed by atoms with E-state index in [1.807, 2.05) is 24.3 Å². The van der Waals surface area contributed by atoms with E-state index in [-0.39, 0.29) is 11.3 Å². The molecule has 28 heavy (non-hydrogen) atoms. The maximum Gasteiger partial charge on any atom is 0.220 e. The van der Waals surface area contributed by atoms with Crippen molar-refractivity contribution < 1.29 is 18.7 Å². The van der Waals surface area contributed by atoms with Crippen molar-refractivity contribution in [2.45, 2.75) is 51.4 Å². The van der Waals surface area contributed by atoms with Crippen LogP contribution in [0.2, 0.25) is 0 Å². The van der Waals surface area contributed by atoms with E-state index < -0.39 is 0 Å². The second-order valence-electron chi connectivity index (χ2n) is 8.64. The highest BCUT2D eigenvalue weighted by atomic mass is 16.6. The molecule has 1 aliphatic heterocycles. The third-order valence-corrected chi connectivity index (χ3v) is 5.81. The van der Waals surface area contributed by atoms with E-state index in [1.165, 1.54) is 6.42 Å². The highest BCUT2D eigenvalue weighted by molar-refractivity contribution is 5.76. The fourth-order valence-electron chi connectivity index (χ4n) is 3.66. The molecule has 1 N–H and O–H groups in total. The largest absolute Gasteiger partial charge is 0.486 e. The van der Waals surface area contributed by atoms with E-state index in [2.05, 4.69) is 32.2 Å². The molecule has 2 unspecified atom stereocenters. The summed E-state index contributed by atoms with van der Waals surface area (Å²) in [5, 5.41) is 3.07. The number of benzene rings is 1. The summed E-state index contributed by atoms with van der Waals surface area (Å²) in [6.45, 7) is 8.20. The van der Waals surface area contributed by atoms with Crippen molar-refractivity contribution in [2.24, 2.45) is 5.92 Å². The zero-order valence-electron chi connectivity index (χ0n) is 16.9. The Bertz CT molecular complexity index is 854. The van der Waals surface area contributed by atoms with E-state index in [9.17, 15) is 4.79 Å². The zero-order chi connectivity index (χ0) is 19.7. The van der Waals surface area contributed by atoms with E-state index in [4.69, 9.17) is 13.9 Å². The van der Waals surface area contributed by atoms with Crippen LogP contribution in [-0.2, 0) is 16.6 Å². The minimum atomic E-state index is -0.203. The Morgan fingerprint density at radius 1 is 1.14 bits per heavy atom. The number of furan rings is 1. The van der Waals surface area contributed by atoms with E-state index in [0.29, 0.717) is 38.5 Å². The molecule has 1 fully saturated rings. The molecule has 0 bridgehead atoms. The number of hydrogen-bond donors (Lipinski definition) is 1. The Kier molecular flexibility index (Phi) is 5.09. The Hall–Kier alpha value is -2.43. The van der Waals surface area contributed by atoms with Crippen LogP contribution >= 0.6 is 0 Å². The molecular formula is C23H29NO4. The van der Waals surface area contributed by atoms with Gasteiger partial charge in [0.15, 0.2) is 11.5 Å². The summed E-state index contributed by atoms with van der Waals surface area (Å²) in [7, 11) is 0. The molecule has 2 atom stereocenters. The molecule has 4 rings (SSSR count). The van der Waals surface area contributed by atoms with Gasteiger partial charge in [0.25, 0.3) is 0 Å². The smallest absolute Gasteiger partial charge is 0.220 e. The minimum absolute atomic E-state index is 0.0448. The number of aryl methyl sites for hydroxylation is 1. The first-order valence-electron chi connectivity index (χ1n) is 10.2. The van der Waals surface area contributed by atoms with Crippen molar-refractivity contribution in [1.82, 2.24) is 5.32 Å². The van der Waals surface area contributed by atoms with Crippen molar-refractivity contribution in [1.29, 1.82) is 0 Å². The van der Waals surface area contributed by atoms with Crippen LogP contribution in [0.5, 0.6) is 11.5 Å². The molecule has 0 saturated heterocycles. The average Bonchev–Trinajstić information content (AvgIpc) is 3.24. The Morgan fingerprint density at radius 3 is 2.64 bits per heavy atom. The second-order valence-corrected chi connectivity index (χ2v) is 8.64. The molecule has 150 valence electrons. The van der Waals surface area contributed by atoms with E-state index in [0.717, 1.165) is 34.5 Å². The highest BCUT2D eigenvalue weighted by Crippen LogP contribution is 2.47. The highest BCUT2D eigenvalue weighted by Gasteiger charge is 2.36. The van der Waals surface area contributed by atoms with Gasteiger partial charge in [0, 0.05) is 30.7 Å². The van der Waals surface area contributed by atoms with Crippen LogP contribution in [-0.4, -0.2) is 25.7 Å². The molecule has 0 spiro atoms. The number of hydrogen-bond acceptors (Lipinski definition) is 4. The standard InChI is InChI=1S/C23H29NO4/c1-15-12-18(15)19-8-5-17(28-19)6-9-22(25)24-14-23(2,3)16-4-7-20-21(13-16)27-11-10-26-20/h4-5,7-8,13,15,18H,6,9-12,14H2,1-3H3,(H,24,25). The summed E-state index contributed by atoms with van der Waals surface area (Å²) in [6.07, 6.45) is 2.28. The second kappa shape index (κ2) is 7.53. The molecule has 5 nitrogen and oxygen atoms in total. The molecule has 2 aliphatic rings. The predicted molar refractivity (Wildman–Crippen MR) is 107 cm³/mol. The first-order chi connectivity index (χ1) is 13.4. The van der Waals surface area contributed by atoms with Crippen LogP contribution in [0.25, 0.3) is 0 Å². The van der Waals surface area contributed by atoms with Gasteiger partial charge in [0.05, 0.1) is 0 Å². The average molecular weight is 383 g/mol. The number of rotatable bonds is 7. The molecule has 1 aliphatic carbocycles. The van der Waals surface area contributed by atoms with Crippen molar-refractivity contribution >= 4 is 5.91 Å². The lowest BCUT2D eigenvalue weighted by molar-refractivity contribution is -0.121. The van der Waals surface area contributed by atoms with Crippen LogP contribution in [0.15, 0.2) is 34.7 Å². The summed E-state index contributed by atoms with van der Waals surface area (Å²) in [4.78, 5) is 12.3. The van der Waals surface area contributed by atoms with Gasteiger partial charge >= 0.3 is 0 Å². The molecule has 0 radical (unpaired) electrons. The number of ether oxygens (including phenoxy) is 2. The summed E-state index contributed by atoms with van der Waals surface area (Å²) >= 11 is 0. The minimum Gasteiger partial charge on any atom is -0.486 e. The molecular weight excluding hydrogens is 354 g/mol. The number of amides is 1. The third kappa shape index (κ3) is 4.18. The first-order valence-corrected chi connectivity index (χ1v) is 10.2. The summed E-state index contributed by atoms with van der Waals surface area (Å²) in [6, 6.07) is 10.1. The van der Waals surface area contributed by atoms with Gasteiger partial charge in [-0.15, -0.1) is 0 Å². The fraction of sp³-hybridized carbons (Fsp3) is 0.522. The monoisotopic (exact) mass is 383 g/mol. The predicted octanol–water partition coefficient (Wildman–Crippen LogP) is 4.20. The molecule has 1 saturated carbocycles. The zero-order valence-corrected chi connectivity index (χ0v) is 16.9. The normalized spacial score (nSPS) is 20.7. The van der Waals surface area contributed by atoms with Gasteiger partial charge in [0.1, 0.15) is 24.7 Å². The maximum atomic E-state index is 12.3. The van der Waals surface area contributed by atoms with Crippen molar-refractivity contribution in [3.8, 4) is 11.5 Å². The maximum absolute atomic E-state index is 12.3. The number of fused-ring (bicyclic) bond motifs is 1. The van der Waals surface area contributed by atoms with Gasteiger partial charge in [-0.1, -0.05) is 26.8 Å². The summed E-state index contributed by atoms with van der Waals surface area (Å²) in [5.74, 6) is 4.89. The van der Waals surface area contributed by atoms with Crippen molar-refractivity contribution in [2.75, 3.05) is 19.8 Å². The summed E-state index contributed by atoms with van der Waals surface area (Å²) < 4.78 is 17.2. The van der Waals surface area contributed by atoms with Gasteiger partial charge in [-0.25, -0.2) is 0 Å². The molecule has 1 aromatic heterocycles. The third-order valence-electron chi connectivity index (χ3n) is 5.81. The quantitative estimate of drug-likeness (QED) is 0.778. The van der Waals surface area contributed by atoms with Crippen molar-refractivity contribution in [3.05, 3.63) is 47.4 Å². The molecule has 5 heteroatoms. The van der Waals surface area contributed by atoms with E-state index >= 15 is 0 Å². The van der Waals surface area contributed by atoms with Crippen LogP contribution < -0.4 is 14.8 Å². The van der Waals surface area contributed by atoms with Gasteiger partial charge < -0.3 is 19.2 Å². The molecule has 1 amide bonds. The topological polar surface area (TPSA) is 60.7 Å². The SMILES string of the molecule is CC1CC1c1ccc(CCC(=O)NCC(C)(C)c2ccc3c(c2)OCCO3)o1. The van der Waals surface area contributed by atoms with Crippen LogP contribution in [0.3, 0.4) is 0 Å². The summed E-state index contributed by atoms with van der Waals surface area (Å²) in [5.41, 5.74) is 0.914. The number of nitrogens with one attached hydrogen (secondary N) is 1. The van der Waals surface area contributed by atoms with Crippen LogP contribution in [0, 0.1) is 5.92 Å². The molecule has 2 aromatic rings. The lowest BCUT2D eigenvalue weighted by Gasteiger charge is -2.27. The fourth-order valence-corrected chi connectivity index (χ4v) is 3.66. The Labute approximate surface area is 166 Å². The lowest BCUT2D eigenvalue weighted by atomic mass is 9.84. The lowest BCUT2D eigenvalue weighted by Crippen LogP contribution is -2.36. The van der Waals surface area contributed by atoms with Gasteiger partial charge in [-0.2, -0.15) is 0 Å². The molecule has 1 aromatic carbocycles.